The fraction of sp³-hybridized carbons (Fsp3) is 0.286. The summed E-state index contributed by atoms with van der Waals surface area (Å²) in [5.41, 5.74) is 0.124. The summed E-state index contributed by atoms with van der Waals surface area (Å²) < 4.78 is 4.92. The molecule has 9 nitrogen and oxygen atoms in total. The fourth-order valence-electron chi connectivity index (χ4n) is 1.75. The molecule has 124 valence electrons. The zero-order valence-corrected chi connectivity index (χ0v) is 12.1. The molecular weight excluding hydrogens is 310 g/mol. The van der Waals surface area contributed by atoms with E-state index >= 15 is 0 Å². The molecule has 0 spiro atoms. The van der Waals surface area contributed by atoms with E-state index in [0.29, 0.717) is 5.75 Å². The molecular formula is C14H15NO8. The van der Waals surface area contributed by atoms with E-state index in [-0.39, 0.29) is 5.56 Å². The maximum Gasteiger partial charge on any atom is 0.326 e. The zero-order valence-electron chi connectivity index (χ0n) is 12.1. The number of nitrogens with one attached hydrogen (secondary N) is 1. The van der Waals surface area contributed by atoms with Gasteiger partial charge in [-0.05, 0) is 24.3 Å². The summed E-state index contributed by atoms with van der Waals surface area (Å²) in [6.45, 7) is 0. The highest BCUT2D eigenvalue weighted by atomic mass is 16.5. The first-order chi connectivity index (χ1) is 10.8. The smallest absolute Gasteiger partial charge is 0.326 e. The summed E-state index contributed by atoms with van der Waals surface area (Å²) in [7, 11) is 1.44. The van der Waals surface area contributed by atoms with Crippen molar-refractivity contribution >= 4 is 23.8 Å². The number of carboxylic acid groups (broad SMARTS) is 3. The molecule has 0 bridgehead atoms. The Kier molecular flexibility index (Phi) is 6.07. The van der Waals surface area contributed by atoms with Gasteiger partial charge in [-0.25, -0.2) is 4.79 Å². The normalized spacial score (nSPS) is 11.6. The van der Waals surface area contributed by atoms with Gasteiger partial charge in [0.25, 0.3) is 5.91 Å². The number of aliphatic carboxylic acids is 3. The van der Waals surface area contributed by atoms with E-state index in [1.165, 1.54) is 31.4 Å². The molecule has 0 radical (unpaired) electrons. The van der Waals surface area contributed by atoms with Crippen LogP contribution in [0.2, 0.25) is 0 Å². The molecule has 0 saturated heterocycles. The summed E-state index contributed by atoms with van der Waals surface area (Å²) in [6, 6.07) is 4.10. The van der Waals surface area contributed by atoms with E-state index in [2.05, 4.69) is 5.32 Å². The molecule has 1 amide bonds. The lowest BCUT2D eigenvalue weighted by Crippen LogP contribution is -2.44. The molecule has 9 heteroatoms. The fourth-order valence-corrected chi connectivity index (χ4v) is 1.75. The van der Waals surface area contributed by atoms with Crippen LogP contribution in [-0.2, 0) is 14.4 Å². The van der Waals surface area contributed by atoms with Gasteiger partial charge in [0.05, 0.1) is 7.11 Å². The molecule has 0 aliphatic rings. The molecule has 0 aliphatic carbocycles. The van der Waals surface area contributed by atoms with Crippen molar-refractivity contribution in [2.24, 2.45) is 5.92 Å². The Bertz CT molecular complexity index is 596. The highest BCUT2D eigenvalue weighted by Gasteiger charge is 2.33. The lowest BCUT2D eigenvalue weighted by atomic mass is 9.99. The number of ether oxygens (including phenoxy) is 1. The Morgan fingerprint density at radius 1 is 1.00 bits per heavy atom. The van der Waals surface area contributed by atoms with Crippen molar-refractivity contribution in [1.82, 2.24) is 5.32 Å². The molecule has 23 heavy (non-hydrogen) atoms. The maximum absolute atomic E-state index is 12.0. The van der Waals surface area contributed by atoms with Crippen LogP contribution in [0.3, 0.4) is 0 Å². The van der Waals surface area contributed by atoms with E-state index in [4.69, 9.17) is 20.1 Å². The van der Waals surface area contributed by atoms with E-state index in [1.807, 2.05) is 0 Å². The highest BCUT2D eigenvalue weighted by molar-refractivity contribution is 5.97. The molecule has 0 aromatic heterocycles. The molecule has 1 aromatic rings. The Labute approximate surface area is 130 Å². The number of hydrogen-bond acceptors (Lipinski definition) is 5. The van der Waals surface area contributed by atoms with Gasteiger partial charge in [-0.1, -0.05) is 0 Å². The van der Waals surface area contributed by atoms with Gasteiger partial charge < -0.3 is 25.4 Å². The van der Waals surface area contributed by atoms with Crippen molar-refractivity contribution < 1.29 is 39.2 Å². The van der Waals surface area contributed by atoms with Gasteiger partial charge in [-0.15, -0.1) is 0 Å². The molecule has 0 saturated carbocycles. The number of methoxy groups -OCH3 is 1. The minimum Gasteiger partial charge on any atom is -0.497 e. The molecule has 1 aromatic carbocycles. The van der Waals surface area contributed by atoms with Gasteiger partial charge in [0, 0.05) is 12.0 Å². The van der Waals surface area contributed by atoms with Gasteiger partial charge in [-0.3, -0.25) is 14.4 Å². The number of carbonyl (C=O) groups is 4. The van der Waals surface area contributed by atoms with Crippen molar-refractivity contribution in [3.05, 3.63) is 29.8 Å². The third-order valence-corrected chi connectivity index (χ3v) is 3.02. The van der Waals surface area contributed by atoms with Crippen LogP contribution in [-0.4, -0.2) is 52.3 Å². The average molecular weight is 325 g/mol. The third kappa shape index (κ3) is 4.99. The summed E-state index contributed by atoms with van der Waals surface area (Å²) in [6.07, 6.45) is -0.776. The minimum absolute atomic E-state index is 0.124. The number of carbonyl (C=O) groups excluding carboxylic acids is 1. The predicted octanol–water partition coefficient (Wildman–Crippen LogP) is 0.0537. The van der Waals surface area contributed by atoms with Gasteiger partial charge in [0.1, 0.15) is 11.8 Å². The van der Waals surface area contributed by atoms with Crippen LogP contribution < -0.4 is 10.1 Å². The van der Waals surface area contributed by atoms with Crippen molar-refractivity contribution in [3.8, 4) is 5.75 Å². The van der Waals surface area contributed by atoms with Crippen molar-refractivity contribution in [1.29, 1.82) is 0 Å². The first-order valence-corrected chi connectivity index (χ1v) is 6.39. The third-order valence-electron chi connectivity index (χ3n) is 3.02. The lowest BCUT2D eigenvalue weighted by molar-refractivity contribution is -0.155. The van der Waals surface area contributed by atoms with E-state index in [0.717, 1.165) is 0 Å². The van der Waals surface area contributed by atoms with E-state index in [1.54, 1.807) is 0 Å². The lowest BCUT2D eigenvalue weighted by Gasteiger charge is -2.17. The van der Waals surface area contributed by atoms with Crippen LogP contribution in [0.25, 0.3) is 0 Å². The van der Waals surface area contributed by atoms with Crippen LogP contribution >= 0.6 is 0 Å². The first kappa shape index (κ1) is 18.0. The second-order valence-corrected chi connectivity index (χ2v) is 4.56. The highest BCUT2D eigenvalue weighted by Crippen LogP contribution is 2.13. The quantitative estimate of drug-likeness (QED) is 0.490. The topological polar surface area (TPSA) is 150 Å². The van der Waals surface area contributed by atoms with Crippen LogP contribution in [0.1, 0.15) is 16.8 Å². The van der Waals surface area contributed by atoms with Crippen molar-refractivity contribution in [2.75, 3.05) is 7.11 Å². The van der Waals surface area contributed by atoms with Crippen LogP contribution in [0, 0.1) is 5.92 Å². The van der Waals surface area contributed by atoms with E-state index in [9.17, 15) is 19.2 Å². The molecule has 1 atom stereocenters. The number of benzene rings is 1. The summed E-state index contributed by atoms with van der Waals surface area (Å²) in [5, 5.41) is 28.7. The van der Waals surface area contributed by atoms with Crippen molar-refractivity contribution in [3.63, 3.8) is 0 Å². The second-order valence-electron chi connectivity index (χ2n) is 4.56. The Morgan fingerprint density at radius 3 is 1.91 bits per heavy atom. The van der Waals surface area contributed by atoms with Gasteiger partial charge in [-0.2, -0.15) is 0 Å². The van der Waals surface area contributed by atoms with Crippen LogP contribution in [0.5, 0.6) is 5.75 Å². The summed E-state index contributed by atoms with van der Waals surface area (Å²) in [4.78, 5) is 44.7. The molecule has 1 rings (SSSR count). The number of amides is 1. The van der Waals surface area contributed by atoms with Gasteiger partial charge >= 0.3 is 17.9 Å². The average Bonchev–Trinajstić information content (AvgIpc) is 2.50. The first-order valence-electron chi connectivity index (χ1n) is 6.39. The number of rotatable bonds is 8. The standard InChI is InChI=1S/C14H15NO8/c1-23-8-4-2-7(3-5-8)11(16)15-10(14(21)22)6-9(12(17)18)13(19)20/h2-5,9-10H,6H2,1H3,(H,15,16)(H,17,18)(H,19,20)(H,21,22). The summed E-state index contributed by atoms with van der Waals surface area (Å²) >= 11 is 0. The molecule has 0 aliphatic heterocycles. The number of carboxylic acids is 3. The summed E-state index contributed by atoms with van der Waals surface area (Å²) in [5.74, 6) is -7.10. The SMILES string of the molecule is COc1ccc(C(=O)NC(CC(C(=O)O)C(=O)O)C(=O)O)cc1. The van der Waals surface area contributed by atoms with Gasteiger partial charge in [0.15, 0.2) is 5.92 Å². The van der Waals surface area contributed by atoms with E-state index < -0.39 is 42.2 Å². The zero-order chi connectivity index (χ0) is 17.6. The number of hydrogen-bond donors (Lipinski definition) is 4. The van der Waals surface area contributed by atoms with Crippen LogP contribution in [0.4, 0.5) is 0 Å². The molecule has 1 unspecified atom stereocenters. The Hall–Kier alpha value is -3.10. The molecule has 0 fully saturated rings. The monoisotopic (exact) mass is 325 g/mol. The molecule has 0 heterocycles. The van der Waals surface area contributed by atoms with Crippen molar-refractivity contribution in [2.45, 2.75) is 12.5 Å². The Morgan fingerprint density at radius 2 is 1.52 bits per heavy atom. The minimum atomic E-state index is -1.94. The Balaban J connectivity index is 2.86. The van der Waals surface area contributed by atoms with Gasteiger partial charge in [0.2, 0.25) is 0 Å². The van der Waals surface area contributed by atoms with Crippen LogP contribution in [0.15, 0.2) is 24.3 Å². The predicted molar refractivity (Wildman–Crippen MR) is 75.3 cm³/mol. The maximum atomic E-state index is 12.0. The largest absolute Gasteiger partial charge is 0.497 e. The molecule has 4 N–H and O–H groups in total. The second kappa shape index (κ2) is 7.78.